The Labute approximate surface area is 169 Å². The van der Waals surface area contributed by atoms with Gasteiger partial charge in [-0.15, -0.1) is 5.11 Å². The van der Waals surface area contributed by atoms with E-state index in [1.165, 1.54) is 4.57 Å². The van der Waals surface area contributed by atoms with Crippen molar-refractivity contribution in [3.63, 3.8) is 0 Å². The number of aromatic nitrogens is 1. The zero-order valence-electron chi connectivity index (χ0n) is 16.7. The minimum atomic E-state index is -0.477. The van der Waals surface area contributed by atoms with Gasteiger partial charge in [-0.05, 0) is 49.1 Å². The van der Waals surface area contributed by atoms with Gasteiger partial charge >= 0.3 is 0 Å². The number of nitriles is 1. The molecule has 2 aromatic carbocycles. The summed E-state index contributed by atoms with van der Waals surface area (Å²) in [7, 11) is 0. The van der Waals surface area contributed by atoms with Crippen molar-refractivity contribution in [1.29, 1.82) is 5.26 Å². The molecule has 0 spiro atoms. The molecule has 1 aromatic heterocycles. The number of aryl methyl sites for hydroxylation is 2. The molecule has 0 bridgehead atoms. The molecule has 0 saturated carbocycles. The first kappa shape index (κ1) is 20.0. The fraction of sp³-hybridized carbons (Fsp3) is 0.217. The third-order valence-corrected chi connectivity index (χ3v) is 4.51. The van der Waals surface area contributed by atoms with Crippen molar-refractivity contribution in [3.05, 3.63) is 75.6 Å². The molecule has 3 rings (SSSR count). The van der Waals surface area contributed by atoms with E-state index in [4.69, 9.17) is 0 Å². The molecule has 6 heteroatoms. The average Bonchev–Trinajstić information content (AvgIpc) is 2.70. The van der Waals surface area contributed by atoms with E-state index in [0.717, 1.165) is 11.1 Å². The van der Waals surface area contributed by atoms with Gasteiger partial charge in [-0.25, -0.2) is 0 Å². The highest BCUT2D eigenvalue weighted by Crippen LogP contribution is 2.36. The third-order valence-electron chi connectivity index (χ3n) is 4.51. The average molecular weight is 386 g/mol. The molecule has 0 aliphatic carbocycles. The summed E-state index contributed by atoms with van der Waals surface area (Å²) in [6, 6.07) is 16.8. The van der Waals surface area contributed by atoms with Crippen molar-refractivity contribution in [2.45, 2.75) is 33.7 Å². The van der Waals surface area contributed by atoms with Crippen molar-refractivity contribution in [1.82, 2.24) is 4.57 Å². The first-order valence-electron chi connectivity index (χ1n) is 9.41. The maximum Gasteiger partial charge on any atom is 0.281 e. The Morgan fingerprint density at radius 1 is 1.07 bits per heavy atom. The van der Waals surface area contributed by atoms with E-state index < -0.39 is 5.56 Å². The van der Waals surface area contributed by atoms with Crippen LogP contribution in [0.5, 0.6) is 5.88 Å². The van der Waals surface area contributed by atoms with Crippen molar-refractivity contribution in [2.75, 3.05) is 0 Å². The predicted octanol–water partition coefficient (Wildman–Crippen LogP) is 5.53. The minimum Gasteiger partial charge on any atom is -0.493 e. The second-order valence-corrected chi connectivity index (χ2v) is 6.90. The van der Waals surface area contributed by atoms with E-state index in [2.05, 4.69) is 10.2 Å². The number of benzene rings is 2. The smallest absolute Gasteiger partial charge is 0.281 e. The van der Waals surface area contributed by atoms with Gasteiger partial charge in [0.15, 0.2) is 5.69 Å². The second kappa shape index (κ2) is 8.53. The standard InChI is InChI=1S/C23H22N4O2/c1-4-10-27-22(28)19(14-24)20(17-8-6-5-7-9-17)21(23(27)29)26-25-18-12-15(2)11-16(3)13-18/h5-9,11-13,28H,4,10H2,1-3H3. The molecule has 0 fully saturated rings. The van der Waals surface area contributed by atoms with E-state index >= 15 is 0 Å². The highest BCUT2D eigenvalue weighted by Gasteiger charge is 2.22. The van der Waals surface area contributed by atoms with Crippen molar-refractivity contribution < 1.29 is 5.11 Å². The Morgan fingerprint density at radius 3 is 2.31 bits per heavy atom. The van der Waals surface area contributed by atoms with Crippen LogP contribution >= 0.6 is 0 Å². The Hall–Kier alpha value is -3.72. The fourth-order valence-electron chi connectivity index (χ4n) is 3.33. The maximum absolute atomic E-state index is 13.1. The lowest BCUT2D eigenvalue weighted by Gasteiger charge is -2.14. The molecule has 0 radical (unpaired) electrons. The zero-order valence-corrected chi connectivity index (χ0v) is 16.7. The van der Waals surface area contributed by atoms with Gasteiger partial charge in [0.1, 0.15) is 11.6 Å². The van der Waals surface area contributed by atoms with Crippen LogP contribution in [-0.2, 0) is 6.54 Å². The molecule has 1 heterocycles. The topological polar surface area (TPSA) is 90.7 Å². The number of nitrogens with zero attached hydrogens (tertiary/aromatic N) is 4. The zero-order chi connectivity index (χ0) is 21.0. The first-order valence-corrected chi connectivity index (χ1v) is 9.41. The first-order chi connectivity index (χ1) is 14.0. The lowest BCUT2D eigenvalue weighted by atomic mass is 9.99. The molecule has 6 nitrogen and oxygen atoms in total. The van der Waals surface area contributed by atoms with Gasteiger partial charge in [0.25, 0.3) is 5.56 Å². The van der Waals surface area contributed by atoms with E-state index in [-0.39, 0.29) is 29.2 Å². The molecule has 0 aliphatic heterocycles. The fourth-order valence-corrected chi connectivity index (χ4v) is 3.33. The minimum absolute atomic E-state index is 0.0126. The van der Waals surface area contributed by atoms with Gasteiger partial charge in [0.2, 0.25) is 5.88 Å². The number of hydrogen-bond donors (Lipinski definition) is 1. The van der Waals surface area contributed by atoms with Gasteiger partial charge in [-0.1, -0.05) is 43.3 Å². The summed E-state index contributed by atoms with van der Waals surface area (Å²) < 4.78 is 1.18. The van der Waals surface area contributed by atoms with Gasteiger partial charge < -0.3 is 5.11 Å². The molecule has 0 amide bonds. The summed E-state index contributed by atoms with van der Waals surface area (Å²) in [6.45, 7) is 6.09. The van der Waals surface area contributed by atoms with Crippen LogP contribution in [0.3, 0.4) is 0 Å². The van der Waals surface area contributed by atoms with Gasteiger partial charge in [-0.3, -0.25) is 9.36 Å². The molecule has 0 atom stereocenters. The molecular formula is C23H22N4O2. The predicted molar refractivity (Wildman–Crippen MR) is 113 cm³/mol. The lowest BCUT2D eigenvalue weighted by molar-refractivity contribution is 0.403. The summed E-state index contributed by atoms with van der Waals surface area (Å²) in [5.74, 6) is -0.344. The van der Waals surface area contributed by atoms with Crippen LogP contribution in [-0.4, -0.2) is 9.67 Å². The van der Waals surface area contributed by atoms with Crippen LogP contribution in [0.4, 0.5) is 11.4 Å². The van der Waals surface area contributed by atoms with E-state index in [1.807, 2.05) is 51.1 Å². The molecular weight excluding hydrogens is 364 g/mol. The number of hydrogen-bond acceptors (Lipinski definition) is 5. The van der Waals surface area contributed by atoms with Crippen molar-refractivity contribution in [3.8, 4) is 23.1 Å². The normalized spacial score (nSPS) is 11.0. The SMILES string of the molecule is CCCn1c(O)c(C#N)c(-c2ccccc2)c(N=Nc2cc(C)cc(C)c2)c1=O. The summed E-state index contributed by atoms with van der Waals surface area (Å²) in [5, 5.41) is 28.9. The summed E-state index contributed by atoms with van der Waals surface area (Å²) in [6.07, 6.45) is 0.622. The quantitative estimate of drug-likeness (QED) is 0.584. The highest BCUT2D eigenvalue weighted by molar-refractivity contribution is 5.82. The summed E-state index contributed by atoms with van der Waals surface area (Å²) >= 11 is 0. The molecule has 0 saturated heterocycles. The Morgan fingerprint density at radius 2 is 1.72 bits per heavy atom. The van der Waals surface area contributed by atoms with Gasteiger partial charge in [0, 0.05) is 12.1 Å². The molecule has 3 aromatic rings. The van der Waals surface area contributed by atoms with E-state index in [0.29, 0.717) is 17.7 Å². The van der Waals surface area contributed by atoms with Crippen LogP contribution in [0.15, 0.2) is 63.6 Å². The monoisotopic (exact) mass is 386 g/mol. The molecule has 146 valence electrons. The van der Waals surface area contributed by atoms with E-state index in [1.54, 1.807) is 24.3 Å². The number of pyridine rings is 1. The van der Waals surface area contributed by atoms with Crippen molar-refractivity contribution >= 4 is 11.4 Å². The van der Waals surface area contributed by atoms with Crippen LogP contribution in [0.1, 0.15) is 30.0 Å². The molecule has 0 aliphatic rings. The molecule has 1 N–H and O–H groups in total. The Balaban J connectivity index is 2.31. The number of aromatic hydroxyl groups is 1. The second-order valence-electron chi connectivity index (χ2n) is 6.90. The Bertz CT molecular complexity index is 1150. The lowest BCUT2D eigenvalue weighted by Crippen LogP contribution is -2.21. The van der Waals surface area contributed by atoms with Gasteiger partial charge in [0.05, 0.1) is 5.69 Å². The van der Waals surface area contributed by atoms with Crippen LogP contribution < -0.4 is 5.56 Å². The number of azo groups is 1. The molecule has 0 unspecified atom stereocenters. The third kappa shape index (κ3) is 4.09. The van der Waals surface area contributed by atoms with Gasteiger partial charge in [-0.2, -0.15) is 10.4 Å². The molecule has 29 heavy (non-hydrogen) atoms. The Kier molecular flexibility index (Phi) is 5.89. The van der Waals surface area contributed by atoms with Crippen molar-refractivity contribution in [2.24, 2.45) is 10.2 Å². The largest absolute Gasteiger partial charge is 0.493 e. The summed E-state index contributed by atoms with van der Waals surface area (Å²) in [5.41, 5.74) is 3.18. The highest BCUT2D eigenvalue weighted by atomic mass is 16.3. The maximum atomic E-state index is 13.1. The van der Waals surface area contributed by atoms with Crippen LogP contribution in [0, 0.1) is 25.2 Å². The van der Waals surface area contributed by atoms with Crippen LogP contribution in [0.25, 0.3) is 11.1 Å². The summed E-state index contributed by atoms with van der Waals surface area (Å²) in [4.78, 5) is 13.1. The van der Waals surface area contributed by atoms with Crippen LogP contribution in [0.2, 0.25) is 0 Å². The van der Waals surface area contributed by atoms with E-state index in [9.17, 15) is 15.2 Å². The number of rotatable bonds is 5.